The van der Waals surface area contributed by atoms with Crippen molar-refractivity contribution >= 4 is 0 Å². The van der Waals surface area contributed by atoms with Crippen molar-refractivity contribution in [3.8, 4) is 0 Å². The standard InChI is InChI=1S/C4H8.C3H4/c1-4(2)3;1-3-2/h1H2,2-3H3;1-2H2. The van der Waals surface area contributed by atoms with Crippen molar-refractivity contribution in [2.45, 2.75) is 13.8 Å². The van der Waals surface area contributed by atoms with E-state index in [1.165, 1.54) is 5.57 Å². The van der Waals surface area contributed by atoms with E-state index in [4.69, 9.17) is 0 Å². The van der Waals surface area contributed by atoms with Crippen molar-refractivity contribution in [1.82, 2.24) is 0 Å². The fourth-order valence-electron chi connectivity index (χ4n) is 0. The van der Waals surface area contributed by atoms with Crippen LogP contribution in [-0.2, 0) is 0 Å². The van der Waals surface area contributed by atoms with Gasteiger partial charge in [0, 0.05) is 0 Å². The van der Waals surface area contributed by atoms with Crippen molar-refractivity contribution in [2.75, 3.05) is 0 Å². The molecule has 40 valence electrons. The fourth-order valence-corrected chi connectivity index (χ4v) is 0. The molecule has 0 atom stereocenters. The van der Waals surface area contributed by atoms with E-state index >= 15 is 0 Å². The summed E-state index contributed by atoms with van der Waals surface area (Å²) >= 11 is 0. The summed E-state index contributed by atoms with van der Waals surface area (Å²) in [7, 11) is 0. The van der Waals surface area contributed by atoms with Crippen LogP contribution in [0.3, 0.4) is 0 Å². The van der Waals surface area contributed by atoms with Gasteiger partial charge in [-0.15, -0.1) is 12.3 Å². The summed E-state index contributed by atoms with van der Waals surface area (Å²) in [6.45, 7) is 13.8. The Morgan fingerprint density at radius 2 is 1.29 bits per heavy atom. The highest BCUT2D eigenvalue weighted by atomic mass is 13.6. The lowest BCUT2D eigenvalue weighted by atomic mass is 10.4. The molecular formula is C7H12. The highest BCUT2D eigenvalue weighted by Crippen LogP contribution is 1.73. The van der Waals surface area contributed by atoms with Crippen LogP contribution in [0.4, 0.5) is 0 Å². The molecule has 0 aromatic carbocycles. The summed E-state index contributed by atoms with van der Waals surface area (Å²) in [5.41, 5.74) is 3.42. The molecule has 7 heavy (non-hydrogen) atoms. The molecule has 0 aliphatic carbocycles. The Morgan fingerprint density at radius 1 is 1.29 bits per heavy atom. The van der Waals surface area contributed by atoms with Crippen molar-refractivity contribution in [2.24, 2.45) is 0 Å². The summed E-state index contributed by atoms with van der Waals surface area (Å²) < 4.78 is 0. The van der Waals surface area contributed by atoms with Crippen LogP contribution in [-0.4, -0.2) is 0 Å². The minimum Gasteiger partial charge on any atom is -0.137 e. The van der Waals surface area contributed by atoms with E-state index in [-0.39, 0.29) is 0 Å². The van der Waals surface area contributed by atoms with Crippen LogP contribution >= 0.6 is 0 Å². The molecule has 0 aliphatic rings. The van der Waals surface area contributed by atoms with Crippen LogP contribution in [0.15, 0.2) is 31.0 Å². The molecule has 0 aromatic heterocycles. The van der Waals surface area contributed by atoms with E-state index in [0.717, 1.165) is 0 Å². The summed E-state index contributed by atoms with van der Waals surface area (Å²) in [4.78, 5) is 0. The van der Waals surface area contributed by atoms with E-state index < -0.39 is 0 Å². The Bertz CT molecular complexity index is 68.0. The second-order valence-electron chi connectivity index (χ2n) is 1.46. The predicted molar refractivity (Wildman–Crippen MR) is 35.3 cm³/mol. The average Bonchev–Trinajstić information content (AvgIpc) is 1.33. The van der Waals surface area contributed by atoms with Gasteiger partial charge in [0.05, 0.1) is 0 Å². The largest absolute Gasteiger partial charge is 0.137 e. The van der Waals surface area contributed by atoms with Gasteiger partial charge in [-0.2, -0.15) is 0 Å². The molecule has 0 aromatic rings. The van der Waals surface area contributed by atoms with Crippen LogP contribution in [0.2, 0.25) is 0 Å². The minimum atomic E-state index is 1.17. The Balaban J connectivity index is 0. The lowest BCUT2D eigenvalue weighted by Gasteiger charge is -1.65. The van der Waals surface area contributed by atoms with Crippen LogP contribution < -0.4 is 0 Å². The lowest BCUT2D eigenvalue weighted by molar-refractivity contribution is 1.42. The van der Waals surface area contributed by atoms with E-state index in [0.29, 0.717) is 0 Å². The first-order chi connectivity index (χ1) is 3.15. The molecule has 0 unspecified atom stereocenters. The molecule has 0 fully saturated rings. The molecule has 0 bridgehead atoms. The van der Waals surface area contributed by atoms with Crippen molar-refractivity contribution in [3.05, 3.63) is 31.0 Å². The van der Waals surface area contributed by atoms with Gasteiger partial charge in [0.25, 0.3) is 0 Å². The maximum absolute atomic E-state index is 3.56. The van der Waals surface area contributed by atoms with Gasteiger partial charge in [-0.25, -0.2) is 0 Å². The normalized spacial score (nSPS) is 4.86. The Morgan fingerprint density at radius 3 is 1.29 bits per heavy atom. The zero-order chi connectivity index (χ0) is 6.28. The third-order valence-corrected chi connectivity index (χ3v) is 0. The van der Waals surface area contributed by atoms with Gasteiger partial charge in [0.2, 0.25) is 0 Å². The number of hydrogen-bond acceptors (Lipinski definition) is 0. The Labute approximate surface area is 45.9 Å². The van der Waals surface area contributed by atoms with Crippen molar-refractivity contribution in [1.29, 1.82) is 0 Å². The molecule has 0 nitrogen and oxygen atoms in total. The van der Waals surface area contributed by atoms with Gasteiger partial charge in [-0.1, -0.05) is 18.7 Å². The molecule has 0 spiro atoms. The topological polar surface area (TPSA) is 0 Å². The quantitative estimate of drug-likeness (QED) is 0.321. The van der Waals surface area contributed by atoms with Crippen LogP contribution in [0, 0.1) is 0 Å². The fraction of sp³-hybridized carbons (Fsp3) is 0.286. The van der Waals surface area contributed by atoms with Gasteiger partial charge in [0.1, 0.15) is 0 Å². The second kappa shape index (κ2) is 8.98. The molecular weight excluding hydrogens is 84.1 g/mol. The maximum Gasteiger partial charge on any atom is -0.0445 e. The van der Waals surface area contributed by atoms with E-state index in [9.17, 15) is 0 Å². The second-order valence-corrected chi connectivity index (χ2v) is 1.46. The van der Waals surface area contributed by atoms with Gasteiger partial charge in [-0.05, 0) is 13.8 Å². The van der Waals surface area contributed by atoms with Gasteiger partial charge < -0.3 is 0 Å². The number of rotatable bonds is 0. The first-order valence-electron chi connectivity index (χ1n) is 2.06. The van der Waals surface area contributed by atoms with Gasteiger partial charge >= 0.3 is 0 Å². The SMILES string of the molecule is C=C(C)C.C=C=C. The monoisotopic (exact) mass is 96.1 g/mol. The minimum absolute atomic E-state index is 1.17. The molecule has 0 amide bonds. The molecule has 0 aliphatic heterocycles. The Hall–Kier alpha value is -0.740. The van der Waals surface area contributed by atoms with E-state index in [1.54, 1.807) is 0 Å². The average molecular weight is 96.2 g/mol. The summed E-state index contributed by atoms with van der Waals surface area (Å²) in [6, 6.07) is 0. The molecule has 0 saturated carbocycles. The van der Waals surface area contributed by atoms with Gasteiger partial charge in [0.15, 0.2) is 0 Å². The first-order valence-corrected chi connectivity index (χ1v) is 2.06. The third kappa shape index (κ3) is 102. The van der Waals surface area contributed by atoms with Gasteiger partial charge in [-0.3, -0.25) is 0 Å². The van der Waals surface area contributed by atoms with Crippen LogP contribution in [0.5, 0.6) is 0 Å². The maximum atomic E-state index is 3.56. The molecule has 0 N–H and O–H groups in total. The number of allylic oxidation sites excluding steroid dienone is 1. The zero-order valence-electron chi connectivity index (χ0n) is 5.12. The lowest BCUT2D eigenvalue weighted by Crippen LogP contribution is -1.43. The smallest absolute Gasteiger partial charge is 0.0445 e. The molecule has 0 radical (unpaired) electrons. The highest BCUT2D eigenvalue weighted by molar-refractivity contribution is 4.78. The Kier molecular flexibility index (Phi) is 12.2. The summed E-state index contributed by atoms with van der Waals surface area (Å²) in [6.07, 6.45) is 0. The van der Waals surface area contributed by atoms with Crippen molar-refractivity contribution < 1.29 is 0 Å². The summed E-state index contributed by atoms with van der Waals surface area (Å²) in [5.74, 6) is 0. The molecule has 0 heteroatoms. The molecule has 0 heterocycles. The third-order valence-electron chi connectivity index (χ3n) is 0. The zero-order valence-corrected chi connectivity index (χ0v) is 5.12. The van der Waals surface area contributed by atoms with E-state index in [2.05, 4.69) is 25.5 Å². The first kappa shape index (κ1) is 9.54. The molecule has 0 rings (SSSR count). The van der Waals surface area contributed by atoms with Crippen LogP contribution in [0.1, 0.15) is 13.8 Å². The number of hydrogen-bond donors (Lipinski definition) is 0. The highest BCUT2D eigenvalue weighted by Gasteiger charge is 1.51. The van der Waals surface area contributed by atoms with Crippen LogP contribution in [0.25, 0.3) is 0 Å². The predicted octanol–water partition coefficient (Wildman–Crippen LogP) is 2.54. The summed E-state index contributed by atoms with van der Waals surface area (Å²) in [5, 5.41) is 0. The van der Waals surface area contributed by atoms with E-state index in [1.807, 2.05) is 13.8 Å². The molecule has 0 saturated heterocycles. The van der Waals surface area contributed by atoms with Crippen molar-refractivity contribution in [3.63, 3.8) is 0 Å².